The largest absolute Gasteiger partial charge is 0.507 e. The highest BCUT2D eigenvalue weighted by Crippen LogP contribution is 2.43. The first kappa shape index (κ1) is 10.8. The van der Waals surface area contributed by atoms with Crippen LogP contribution in [-0.2, 0) is 0 Å². The summed E-state index contributed by atoms with van der Waals surface area (Å²) in [4.78, 5) is 11.7. The summed E-state index contributed by atoms with van der Waals surface area (Å²) in [6.07, 6.45) is -0.224. The Morgan fingerprint density at radius 3 is 2.62 bits per heavy atom. The Kier molecular flexibility index (Phi) is 2.10. The van der Waals surface area contributed by atoms with Crippen LogP contribution in [0.1, 0.15) is 29.3 Å². The molecule has 3 N–H and O–H groups in total. The molecule has 0 aliphatic carbocycles. The standard InChI is InChI=1S/C11H12O5/c1-5-6(12)3-7(13)9-8(14)4-11(2,15)16-10(5)9/h3,12-13,15H,4H2,1-2H3/t11-/m1/s1. The molecule has 0 radical (unpaired) electrons. The summed E-state index contributed by atoms with van der Waals surface area (Å²) < 4.78 is 5.20. The molecule has 0 saturated carbocycles. The van der Waals surface area contributed by atoms with Gasteiger partial charge in [0.05, 0.1) is 6.42 Å². The predicted octanol–water partition coefficient (Wildman–Crippen LogP) is 1.08. The van der Waals surface area contributed by atoms with E-state index >= 15 is 0 Å². The monoisotopic (exact) mass is 224 g/mol. The number of carbonyl (C=O) groups is 1. The lowest BCUT2D eigenvalue weighted by Gasteiger charge is -2.31. The van der Waals surface area contributed by atoms with Crippen LogP contribution in [0, 0.1) is 6.92 Å². The number of benzene rings is 1. The zero-order valence-electron chi connectivity index (χ0n) is 8.94. The second-order valence-electron chi connectivity index (χ2n) is 4.12. The van der Waals surface area contributed by atoms with Gasteiger partial charge in [0, 0.05) is 18.6 Å². The van der Waals surface area contributed by atoms with E-state index in [-0.39, 0.29) is 29.2 Å². The SMILES string of the molecule is Cc1c(O)cc(O)c2c1O[C@@](C)(O)CC2=O. The molecule has 86 valence electrons. The number of ether oxygens (including phenoxy) is 1. The maximum absolute atomic E-state index is 11.7. The van der Waals surface area contributed by atoms with Gasteiger partial charge < -0.3 is 20.1 Å². The first-order valence-electron chi connectivity index (χ1n) is 4.82. The number of aromatic hydroxyl groups is 2. The summed E-state index contributed by atoms with van der Waals surface area (Å²) in [5, 5.41) is 28.7. The molecular weight excluding hydrogens is 212 g/mol. The van der Waals surface area contributed by atoms with Gasteiger partial charge in [-0.15, -0.1) is 0 Å². The molecule has 2 rings (SSSR count). The van der Waals surface area contributed by atoms with E-state index in [9.17, 15) is 20.1 Å². The molecule has 0 amide bonds. The molecule has 1 heterocycles. The van der Waals surface area contributed by atoms with E-state index in [0.29, 0.717) is 5.56 Å². The van der Waals surface area contributed by atoms with Gasteiger partial charge in [-0.3, -0.25) is 4.79 Å². The van der Waals surface area contributed by atoms with Crippen molar-refractivity contribution in [3.63, 3.8) is 0 Å². The highest BCUT2D eigenvalue weighted by atomic mass is 16.6. The van der Waals surface area contributed by atoms with Gasteiger partial charge in [0.25, 0.3) is 0 Å². The summed E-state index contributed by atoms with van der Waals surface area (Å²) in [5.41, 5.74) is 0.336. The van der Waals surface area contributed by atoms with Gasteiger partial charge in [-0.05, 0) is 6.92 Å². The quantitative estimate of drug-likeness (QED) is 0.613. The van der Waals surface area contributed by atoms with Crippen molar-refractivity contribution in [3.8, 4) is 17.2 Å². The first-order chi connectivity index (χ1) is 7.32. The van der Waals surface area contributed by atoms with Crippen LogP contribution < -0.4 is 4.74 Å². The van der Waals surface area contributed by atoms with Gasteiger partial charge in [0.15, 0.2) is 5.78 Å². The average Bonchev–Trinajstić information content (AvgIpc) is 2.11. The lowest BCUT2D eigenvalue weighted by Crippen LogP contribution is -2.39. The fraction of sp³-hybridized carbons (Fsp3) is 0.364. The van der Waals surface area contributed by atoms with E-state index in [1.165, 1.54) is 6.92 Å². The number of phenols is 2. The van der Waals surface area contributed by atoms with Crippen molar-refractivity contribution >= 4 is 5.78 Å². The number of aliphatic hydroxyl groups is 1. The van der Waals surface area contributed by atoms with E-state index in [1.807, 2.05) is 0 Å². The van der Waals surface area contributed by atoms with Crippen molar-refractivity contribution in [1.29, 1.82) is 0 Å². The Hall–Kier alpha value is -1.75. The number of fused-ring (bicyclic) bond motifs is 1. The van der Waals surface area contributed by atoms with Crippen LogP contribution in [0.4, 0.5) is 0 Å². The second kappa shape index (κ2) is 3.12. The van der Waals surface area contributed by atoms with Gasteiger partial charge in [-0.1, -0.05) is 0 Å². The molecule has 1 aliphatic heterocycles. The molecule has 0 unspecified atom stereocenters. The molecule has 1 aromatic rings. The van der Waals surface area contributed by atoms with E-state index in [1.54, 1.807) is 6.92 Å². The third kappa shape index (κ3) is 1.49. The minimum absolute atomic E-state index is 0.0156. The number of hydrogen-bond donors (Lipinski definition) is 3. The Morgan fingerprint density at radius 1 is 1.38 bits per heavy atom. The summed E-state index contributed by atoms with van der Waals surface area (Å²) in [6, 6.07) is 1.09. The van der Waals surface area contributed by atoms with E-state index in [4.69, 9.17) is 4.74 Å². The van der Waals surface area contributed by atoms with Gasteiger partial charge >= 0.3 is 0 Å². The van der Waals surface area contributed by atoms with Crippen LogP contribution in [0.25, 0.3) is 0 Å². The topological polar surface area (TPSA) is 87.0 Å². The molecule has 0 aromatic heterocycles. The number of ketones is 1. The van der Waals surface area contributed by atoms with Gasteiger partial charge in [0.1, 0.15) is 22.8 Å². The molecule has 0 fully saturated rings. The smallest absolute Gasteiger partial charge is 0.212 e. The Bertz CT molecular complexity index is 476. The Morgan fingerprint density at radius 2 is 2.00 bits per heavy atom. The number of phenolic OH excluding ortho intramolecular Hbond substituents is 2. The zero-order chi connectivity index (χ0) is 12.1. The van der Waals surface area contributed by atoms with Crippen LogP contribution in [0.5, 0.6) is 17.2 Å². The van der Waals surface area contributed by atoms with Gasteiger partial charge in [-0.2, -0.15) is 0 Å². The van der Waals surface area contributed by atoms with Crippen LogP contribution in [0.15, 0.2) is 6.07 Å². The third-order valence-electron chi connectivity index (χ3n) is 2.57. The molecular formula is C11H12O5. The number of hydrogen-bond acceptors (Lipinski definition) is 5. The predicted molar refractivity (Wildman–Crippen MR) is 54.7 cm³/mol. The maximum atomic E-state index is 11.7. The van der Waals surface area contributed by atoms with Gasteiger partial charge in [-0.25, -0.2) is 0 Å². The lowest BCUT2D eigenvalue weighted by molar-refractivity contribution is -0.123. The van der Waals surface area contributed by atoms with Crippen molar-refractivity contribution in [2.45, 2.75) is 26.1 Å². The molecule has 5 nitrogen and oxygen atoms in total. The lowest BCUT2D eigenvalue weighted by atomic mass is 9.95. The van der Waals surface area contributed by atoms with E-state index < -0.39 is 11.6 Å². The Balaban J connectivity index is 2.70. The van der Waals surface area contributed by atoms with Crippen LogP contribution in [0.3, 0.4) is 0 Å². The normalized spacial score (nSPS) is 23.8. The molecule has 16 heavy (non-hydrogen) atoms. The Labute approximate surface area is 91.9 Å². The highest BCUT2D eigenvalue weighted by molar-refractivity contribution is 6.03. The fourth-order valence-corrected chi connectivity index (χ4v) is 1.77. The van der Waals surface area contributed by atoms with Crippen LogP contribution >= 0.6 is 0 Å². The fourth-order valence-electron chi connectivity index (χ4n) is 1.77. The third-order valence-corrected chi connectivity index (χ3v) is 2.57. The molecule has 0 saturated heterocycles. The average molecular weight is 224 g/mol. The minimum atomic E-state index is -1.60. The van der Waals surface area contributed by atoms with Crippen LogP contribution in [0.2, 0.25) is 0 Å². The molecule has 1 atom stereocenters. The van der Waals surface area contributed by atoms with Crippen molar-refractivity contribution in [3.05, 3.63) is 17.2 Å². The van der Waals surface area contributed by atoms with Crippen molar-refractivity contribution in [2.75, 3.05) is 0 Å². The van der Waals surface area contributed by atoms with Crippen molar-refractivity contribution < 1.29 is 24.9 Å². The molecule has 0 bridgehead atoms. The number of rotatable bonds is 0. The summed E-state index contributed by atoms with van der Waals surface area (Å²) >= 11 is 0. The summed E-state index contributed by atoms with van der Waals surface area (Å²) in [5.74, 6) is -2.49. The minimum Gasteiger partial charge on any atom is -0.507 e. The molecule has 0 spiro atoms. The molecule has 1 aromatic carbocycles. The van der Waals surface area contributed by atoms with Gasteiger partial charge in [0.2, 0.25) is 5.79 Å². The van der Waals surface area contributed by atoms with E-state index in [2.05, 4.69) is 0 Å². The first-order valence-corrected chi connectivity index (χ1v) is 4.82. The number of Topliss-reactive ketones (excluding diaryl/α,β-unsaturated/α-hetero) is 1. The zero-order valence-corrected chi connectivity index (χ0v) is 8.94. The molecule has 5 heteroatoms. The van der Waals surface area contributed by atoms with Crippen molar-refractivity contribution in [1.82, 2.24) is 0 Å². The van der Waals surface area contributed by atoms with Crippen LogP contribution in [-0.4, -0.2) is 26.9 Å². The highest BCUT2D eigenvalue weighted by Gasteiger charge is 2.37. The van der Waals surface area contributed by atoms with E-state index in [0.717, 1.165) is 6.07 Å². The maximum Gasteiger partial charge on any atom is 0.212 e. The number of carbonyl (C=O) groups excluding carboxylic acids is 1. The van der Waals surface area contributed by atoms with Crippen molar-refractivity contribution in [2.24, 2.45) is 0 Å². The molecule has 1 aliphatic rings. The second-order valence-corrected chi connectivity index (χ2v) is 4.12. The summed E-state index contributed by atoms with van der Waals surface area (Å²) in [7, 11) is 0. The summed E-state index contributed by atoms with van der Waals surface area (Å²) in [6.45, 7) is 2.90.